The Morgan fingerprint density at radius 2 is 2.12 bits per heavy atom. The zero-order valence-corrected chi connectivity index (χ0v) is 10.9. The van der Waals surface area contributed by atoms with E-state index in [9.17, 15) is 9.18 Å². The van der Waals surface area contributed by atoms with Crippen LogP contribution in [0.25, 0.3) is 0 Å². The lowest BCUT2D eigenvalue weighted by atomic mass is 10.1. The molecule has 88 valence electrons. The van der Waals surface area contributed by atoms with Crippen molar-refractivity contribution in [3.05, 3.63) is 28.5 Å². The van der Waals surface area contributed by atoms with E-state index in [-0.39, 0.29) is 5.69 Å². The minimum Gasteiger partial charge on any atom is -0.467 e. The first-order valence-electron chi connectivity index (χ1n) is 4.68. The summed E-state index contributed by atoms with van der Waals surface area (Å²) in [5.74, 6) is -0.868. The fourth-order valence-electron chi connectivity index (χ4n) is 1.24. The molecule has 0 aliphatic heterocycles. The maximum atomic E-state index is 13.4. The summed E-state index contributed by atoms with van der Waals surface area (Å²) in [6, 6.07) is 4.48. The fraction of sp³-hybridized carbons (Fsp3) is 0.364. The van der Waals surface area contributed by atoms with Crippen LogP contribution in [0.4, 0.5) is 10.1 Å². The van der Waals surface area contributed by atoms with Gasteiger partial charge >= 0.3 is 5.97 Å². The molecule has 0 saturated carbocycles. The van der Waals surface area contributed by atoms with Crippen LogP contribution in [0.1, 0.15) is 13.8 Å². The van der Waals surface area contributed by atoms with Crippen LogP contribution in [0.5, 0.6) is 0 Å². The van der Waals surface area contributed by atoms with Crippen molar-refractivity contribution >= 4 is 27.6 Å². The molecule has 0 radical (unpaired) electrons. The van der Waals surface area contributed by atoms with Gasteiger partial charge in [0.2, 0.25) is 0 Å². The van der Waals surface area contributed by atoms with Gasteiger partial charge in [0.25, 0.3) is 0 Å². The number of benzene rings is 1. The van der Waals surface area contributed by atoms with Crippen LogP contribution < -0.4 is 5.32 Å². The van der Waals surface area contributed by atoms with Gasteiger partial charge in [-0.3, -0.25) is 0 Å². The molecule has 5 heteroatoms. The summed E-state index contributed by atoms with van der Waals surface area (Å²) in [7, 11) is 1.29. The van der Waals surface area contributed by atoms with Crippen LogP contribution >= 0.6 is 15.9 Å². The standard InChI is InChI=1S/C11H13BrFNO2/c1-11(2,10(15)16-3)14-9-6-7(12)4-5-8(9)13/h4-6,14H,1-3H3. The molecule has 1 aromatic rings. The van der Waals surface area contributed by atoms with E-state index >= 15 is 0 Å². The van der Waals surface area contributed by atoms with Crippen molar-refractivity contribution in [2.45, 2.75) is 19.4 Å². The van der Waals surface area contributed by atoms with Gasteiger partial charge in [0.1, 0.15) is 11.4 Å². The molecule has 0 saturated heterocycles. The van der Waals surface area contributed by atoms with Crippen molar-refractivity contribution in [1.82, 2.24) is 0 Å². The molecule has 0 bridgehead atoms. The number of hydrogen-bond donors (Lipinski definition) is 1. The van der Waals surface area contributed by atoms with Crippen molar-refractivity contribution in [3.8, 4) is 0 Å². The molecule has 16 heavy (non-hydrogen) atoms. The average molecular weight is 290 g/mol. The Morgan fingerprint density at radius 3 is 2.69 bits per heavy atom. The summed E-state index contributed by atoms with van der Waals surface area (Å²) in [6.07, 6.45) is 0. The van der Waals surface area contributed by atoms with Crippen LogP contribution in [-0.2, 0) is 9.53 Å². The maximum Gasteiger partial charge on any atom is 0.330 e. The topological polar surface area (TPSA) is 38.3 Å². The van der Waals surface area contributed by atoms with E-state index in [1.54, 1.807) is 26.0 Å². The Hall–Kier alpha value is -1.10. The highest BCUT2D eigenvalue weighted by Crippen LogP contribution is 2.23. The van der Waals surface area contributed by atoms with E-state index in [0.717, 1.165) is 4.47 Å². The van der Waals surface area contributed by atoms with E-state index in [0.29, 0.717) is 0 Å². The smallest absolute Gasteiger partial charge is 0.330 e. The highest BCUT2D eigenvalue weighted by atomic mass is 79.9. The Morgan fingerprint density at radius 1 is 1.50 bits per heavy atom. The lowest BCUT2D eigenvalue weighted by molar-refractivity contribution is -0.144. The molecule has 0 spiro atoms. The average Bonchev–Trinajstić information content (AvgIpc) is 2.22. The van der Waals surface area contributed by atoms with E-state index in [1.807, 2.05) is 0 Å². The van der Waals surface area contributed by atoms with Crippen LogP contribution in [-0.4, -0.2) is 18.6 Å². The maximum absolute atomic E-state index is 13.4. The van der Waals surface area contributed by atoms with Crippen LogP contribution in [0, 0.1) is 5.82 Å². The molecule has 0 aliphatic rings. The minimum absolute atomic E-state index is 0.254. The SMILES string of the molecule is COC(=O)C(C)(C)Nc1cc(Br)ccc1F. The fourth-order valence-corrected chi connectivity index (χ4v) is 1.60. The number of halogens is 2. The molecule has 3 nitrogen and oxygen atoms in total. The molecule has 1 rings (SSSR count). The molecule has 0 fully saturated rings. The van der Waals surface area contributed by atoms with Gasteiger partial charge in [-0.25, -0.2) is 9.18 Å². The molecule has 0 aromatic heterocycles. The van der Waals surface area contributed by atoms with E-state index in [4.69, 9.17) is 0 Å². The largest absolute Gasteiger partial charge is 0.467 e. The van der Waals surface area contributed by atoms with E-state index in [1.165, 1.54) is 13.2 Å². The Balaban J connectivity index is 2.95. The summed E-state index contributed by atoms with van der Waals surface area (Å²) in [6.45, 7) is 3.25. The Bertz CT molecular complexity index is 407. The number of carbonyl (C=O) groups excluding carboxylic acids is 1. The van der Waals surface area contributed by atoms with Crippen molar-refractivity contribution in [3.63, 3.8) is 0 Å². The van der Waals surface area contributed by atoms with Crippen LogP contribution in [0.15, 0.2) is 22.7 Å². The first kappa shape index (κ1) is 13.0. The normalized spacial score (nSPS) is 11.1. The number of rotatable bonds is 3. The van der Waals surface area contributed by atoms with Gasteiger partial charge in [0.15, 0.2) is 0 Å². The Kier molecular flexibility index (Phi) is 3.91. The van der Waals surface area contributed by atoms with Gasteiger partial charge in [-0.1, -0.05) is 15.9 Å². The quantitative estimate of drug-likeness (QED) is 0.870. The first-order valence-corrected chi connectivity index (χ1v) is 5.48. The Labute approximate surface area is 102 Å². The number of anilines is 1. The molecule has 0 heterocycles. The van der Waals surface area contributed by atoms with Crippen LogP contribution in [0.3, 0.4) is 0 Å². The molecular weight excluding hydrogens is 277 g/mol. The predicted molar refractivity (Wildman–Crippen MR) is 63.8 cm³/mol. The van der Waals surface area contributed by atoms with Gasteiger partial charge in [-0.2, -0.15) is 0 Å². The number of carbonyl (C=O) groups is 1. The molecule has 0 amide bonds. The molecule has 0 aliphatic carbocycles. The molecule has 0 unspecified atom stereocenters. The first-order chi connectivity index (χ1) is 7.36. The van der Waals surface area contributed by atoms with Gasteiger partial charge in [0, 0.05) is 4.47 Å². The van der Waals surface area contributed by atoms with Crippen molar-refractivity contribution < 1.29 is 13.9 Å². The third-order valence-corrected chi connectivity index (χ3v) is 2.56. The van der Waals surface area contributed by atoms with Crippen LogP contribution in [0.2, 0.25) is 0 Å². The number of ether oxygens (including phenoxy) is 1. The number of hydrogen-bond acceptors (Lipinski definition) is 3. The van der Waals surface area contributed by atoms with Gasteiger partial charge < -0.3 is 10.1 Å². The molecule has 1 aromatic carbocycles. The van der Waals surface area contributed by atoms with E-state index in [2.05, 4.69) is 26.0 Å². The second-order valence-corrected chi connectivity index (χ2v) is 4.78. The summed E-state index contributed by atoms with van der Waals surface area (Å²) in [5.41, 5.74) is -0.721. The van der Waals surface area contributed by atoms with Gasteiger partial charge in [-0.15, -0.1) is 0 Å². The lowest BCUT2D eigenvalue weighted by Crippen LogP contribution is -2.41. The van der Waals surface area contributed by atoms with Crippen molar-refractivity contribution in [1.29, 1.82) is 0 Å². The minimum atomic E-state index is -0.976. The summed E-state index contributed by atoms with van der Waals surface area (Å²) in [4.78, 5) is 11.4. The highest BCUT2D eigenvalue weighted by Gasteiger charge is 2.29. The number of nitrogens with one attached hydrogen (secondary N) is 1. The van der Waals surface area contributed by atoms with Gasteiger partial charge in [0.05, 0.1) is 12.8 Å². The zero-order chi connectivity index (χ0) is 12.3. The van der Waals surface area contributed by atoms with Crippen molar-refractivity contribution in [2.75, 3.05) is 12.4 Å². The summed E-state index contributed by atoms with van der Waals surface area (Å²) >= 11 is 3.24. The second kappa shape index (κ2) is 4.82. The number of esters is 1. The summed E-state index contributed by atoms with van der Waals surface area (Å²) < 4.78 is 18.8. The van der Waals surface area contributed by atoms with E-state index < -0.39 is 17.3 Å². The second-order valence-electron chi connectivity index (χ2n) is 3.87. The predicted octanol–water partition coefficient (Wildman–Crippen LogP) is 2.95. The third kappa shape index (κ3) is 2.95. The number of methoxy groups -OCH3 is 1. The third-order valence-electron chi connectivity index (χ3n) is 2.07. The highest BCUT2D eigenvalue weighted by molar-refractivity contribution is 9.10. The summed E-state index contributed by atoms with van der Waals surface area (Å²) in [5, 5.41) is 2.80. The monoisotopic (exact) mass is 289 g/mol. The van der Waals surface area contributed by atoms with Crippen molar-refractivity contribution in [2.24, 2.45) is 0 Å². The van der Waals surface area contributed by atoms with Gasteiger partial charge in [-0.05, 0) is 32.0 Å². The molecule has 0 atom stereocenters. The zero-order valence-electron chi connectivity index (χ0n) is 9.30. The molecular formula is C11H13BrFNO2. The lowest BCUT2D eigenvalue weighted by Gasteiger charge is -2.24. The molecule has 1 N–H and O–H groups in total.